The molecule has 0 saturated carbocycles. The van der Waals surface area contributed by atoms with E-state index < -0.39 is 5.91 Å². The summed E-state index contributed by atoms with van der Waals surface area (Å²) in [4.78, 5) is 15.9. The SMILES string of the molecule is C=C(C#N)N=C(N)C(=O)Nc1ccc(CCO)cc1C1=CCCCC1. The highest BCUT2D eigenvalue weighted by atomic mass is 16.3. The number of allylic oxidation sites excluding steroid dienone is 3. The van der Waals surface area contributed by atoms with Gasteiger partial charge in [0.25, 0.3) is 5.91 Å². The van der Waals surface area contributed by atoms with Crippen LogP contribution in [0.3, 0.4) is 0 Å². The van der Waals surface area contributed by atoms with Crippen LogP contribution in [-0.4, -0.2) is 23.5 Å². The lowest BCUT2D eigenvalue weighted by Crippen LogP contribution is -2.30. The molecule has 6 heteroatoms. The van der Waals surface area contributed by atoms with Crippen LogP contribution in [0.4, 0.5) is 5.69 Å². The number of anilines is 1. The molecule has 1 aliphatic rings. The average Bonchev–Trinajstić information content (AvgIpc) is 2.63. The van der Waals surface area contributed by atoms with Gasteiger partial charge in [0.15, 0.2) is 5.84 Å². The van der Waals surface area contributed by atoms with Crippen LogP contribution >= 0.6 is 0 Å². The van der Waals surface area contributed by atoms with E-state index in [0.29, 0.717) is 12.1 Å². The van der Waals surface area contributed by atoms with Crippen LogP contribution in [0.25, 0.3) is 5.57 Å². The molecule has 1 aromatic rings. The molecule has 1 amide bonds. The van der Waals surface area contributed by atoms with Gasteiger partial charge in [-0.25, -0.2) is 4.99 Å². The summed E-state index contributed by atoms with van der Waals surface area (Å²) in [6.45, 7) is 3.45. The molecule has 1 aliphatic carbocycles. The topological polar surface area (TPSA) is 112 Å². The molecular formula is C19H22N4O2. The van der Waals surface area contributed by atoms with Gasteiger partial charge in [-0.1, -0.05) is 18.7 Å². The van der Waals surface area contributed by atoms with Crippen molar-refractivity contribution in [3.8, 4) is 6.07 Å². The fraction of sp³-hybridized carbons (Fsp3) is 0.316. The molecule has 0 fully saturated rings. The Labute approximate surface area is 147 Å². The van der Waals surface area contributed by atoms with Crippen molar-refractivity contribution >= 4 is 23.0 Å². The molecule has 4 N–H and O–H groups in total. The quantitative estimate of drug-likeness (QED) is 0.435. The number of amides is 1. The fourth-order valence-corrected chi connectivity index (χ4v) is 2.74. The van der Waals surface area contributed by atoms with Gasteiger partial charge in [0.05, 0.1) is 0 Å². The number of aliphatic imine (C=N–C) groups is 1. The Kier molecular flexibility index (Phi) is 6.49. The third-order valence-electron chi connectivity index (χ3n) is 3.99. The van der Waals surface area contributed by atoms with Crippen LogP contribution in [0.15, 0.2) is 41.5 Å². The Morgan fingerprint density at radius 3 is 2.88 bits per heavy atom. The molecule has 1 aromatic carbocycles. The monoisotopic (exact) mass is 338 g/mol. The normalized spacial score (nSPS) is 14.4. The third-order valence-corrected chi connectivity index (χ3v) is 3.99. The van der Waals surface area contributed by atoms with Crippen molar-refractivity contribution in [2.45, 2.75) is 32.1 Å². The maximum absolute atomic E-state index is 12.2. The van der Waals surface area contributed by atoms with Gasteiger partial charge in [0.2, 0.25) is 0 Å². The first kappa shape index (κ1) is 18.4. The highest BCUT2D eigenvalue weighted by molar-refractivity contribution is 6.42. The van der Waals surface area contributed by atoms with Crippen molar-refractivity contribution in [1.29, 1.82) is 5.26 Å². The number of rotatable bonds is 5. The van der Waals surface area contributed by atoms with Crippen molar-refractivity contribution < 1.29 is 9.90 Å². The van der Waals surface area contributed by atoms with Crippen molar-refractivity contribution in [2.75, 3.05) is 11.9 Å². The van der Waals surface area contributed by atoms with Crippen LogP contribution in [0.2, 0.25) is 0 Å². The maximum atomic E-state index is 12.2. The number of nitrogens with two attached hydrogens (primary N) is 1. The number of aliphatic hydroxyl groups is 1. The molecule has 0 aromatic heterocycles. The first-order valence-electron chi connectivity index (χ1n) is 8.23. The second-order valence-corrected chi connectivity index (χ2v) is 5.84. The van der Waals surface area contributed by atoms with E-state index in [1.807, 2.05) is 12.1 Å². The van der Waals surface area contributed by atoms with E-state index in [1.54, 1.807) is 12.1 Å². The van der Waals surface area contributed by atoms with E-state index in [4.69, 9.17) is 16.1 Å². The number of carbonyl (C=O) groups is 1. The minimum atomic E-state index is -0.580. The van der Waals surface area contributed by atoms with Crippen LogP contribution < -0.4 is 11.1 Å². The largest absolute Gasteiger partial charge is 0.396 e. The molecule has 6 nitrogen and oxygen atoms in total. The number of hydrogen-bond donors (Lipinski definition) is 3. The number of amidine groups is 1. The molecular weight excluding hydrogens is 316 g/mol. The predicted octanol–water partition coefficient (Wildman–Crippen LogP) is 2.51. The first-order chi connectivity index (χ1) is 12.0. The Balaban J connectivity index is 2.31. The second-order valence-electron chi connectivity index (χ2n) is 5.84. The molecule has 0 radical (unpaired) electrons. The minimum absolute atomic E-state index is 0.0695. The number of nitrogens with zero attached hydrogens (tertiary/aromatic N) is 2. The standard InChI is InChI=1S/C19H22N4O2/c1-13(12-20)22-18(21)19(25)23-17-8-7-14(9-10-24)11-16(17)15-5-3-2-4-6-15/h5,7-8,11,24H,1-4,6,9-10H2,(H2,21,22)(H,23,25). The van der Waals surface area contributed by atoms with Crippen molar-refractivity contribution in [1.82, 2.24) is 0 Å². The summed E-state index contributed by atoms with van der Waals surface area (Å²) in [5, 5.41) is 20.6. The van der Waals surface area contributed by atoms with Gasteiger partial charge in [-0.05, 0) is 55.4 Å². The molecule has 2 rings (SSSR count). The molecule has 0 bridgehead atoms. The van der Waals surface area contributed by atoms with Gasteiger partial charge in [-0.3, -0.25) is 4.79 Å². The minimum Gasteiger partial charge on any atom is -0.396 e. The molecule has 25 heavy (non-hydrogen) atoms. The van der Waals surface area contributed by atoms with Crippen molar-refractivity contribution in [3.63, 3.8) is 0 Å². The lowest BCUT2D eigenvalue weighted by atomic mass is 9.91. The summed E-state index contributed by atoms with van der Waals surface area (Å²) in [5.41, 5.74) is 9.26. The molecule has 0 spiro atoms. The van der Waals surface area contributed by atoms with E-state index in [1.165, 1.54) is 5.57 Å². The maximum Gasteiger partial charge on any atom is 0.290 e. The average molecular weight is 338 g/mol. The first-order valence-corrected chi connectivity index (χ1v) is 8.23. The Hall–Kier alpha value is -2.91. The van der Waals surface area contributed by atoms with E-state index >= 15 is 0 Å². The highest BCUT2D eigenvalue weighted by Crippen LogP contribution is 2.32. The molecule has 0 saturated heterocycles. The number of nitrogens with one attached hydrogen (secondary N) is 1. The number of aliphatic hydroxyl groups excluding tert-OH is 1. The summed E-state index contributed by atoms with van der Waals surface area (Å²) >= 11 is 0. The van der Waals surface area contributed by atoms with Crippen LogP contribution in [0, 0.1) is 11.3 Å². The van der Waals surface area contributed by atoms with Gasteiger partial charge in [0, 0.05) is 17.9 Å². The smallest absolute Gasteiger partial charge is 0.290 e. The van der Waals surface area contributed by atoms with E-state index in [9.17, 15) is 4.79 Å². The summed E-state index contributed by atoms with van der Waals surface area (Å²) in [5.74, 6) is -0.890. The van der Waals surface area contributed by atoms with Gasteiger partial charge >= 0.3 is 0 Å². The van der Waals surface area contributed by atoms with Gasteiger partial charge in [-0.15, -0.1) is 0 Å². The van der Waals surface area contributed by atoms with Crippen molar-refractivity contribution in [2.24, 2.45) is 10.7 Å². The zero-order chi connectivity index (χ0) is 18.2. The van der Waals surface area contributed by atoms with E-state index in [-0.39, 0.29) is 18.1 Å². The van der Waals surface area contributed by atoms with E-state index in [0.717, 1.165) is 36.8 Å². The van der Waals surface area contributed by atoms with Crippen LogP contribution in [0.1, 0.15) is 36.8 Å². The molecule has 0 atom stereocenters. The summed E-state index contributed by atoms with van der Waals surface area (Å²) in [6, 6.07) is 7.38. The van der Waals surface area contributed by atoms with Gasteiger partial charge in [0.1, 0.15) is 11.8 Å². The number of hydrogen-bond acceptors (Lipinski definition) is 4. The highest BCUT2D eigenvalue weighted by Gasteiger charge is 2.15. The lowest BCUT2D eigenvalue weighted by Gasteiger charge is -2.18. The van der Waals surface area contributed by atoms with E-state index in [2.05, 4.69) is 23.0 Å². The van der Waals surface area contributed by atoms with Gasteiger partial charge < -0.3 is 16.2 Å². The number of carbonyl (C=O) groups excluding carboxylic acids is 1. The fourth-order valence-electron chi connectivity index (χ4n) is 2.74. The van der Waals surface area contributed by atoms with Gasteiger partial charge in [-0.2, -0.15) is 5.26 Å². The third kappa shape index (κ3) is 5.03. The summed E-state index contributed by atoms with van der Waals surface area (Å²) in [7, 11) is 0. The zero-order valence-electron chi connectivity index (χ0n) is 14.1. The summed E-state index contributed by atoms with van der Waals surface area (Å²) < 4.78 is 0. The molecule has 0 unspecified atom stereocenters. The Morgan fingerprint density at radius 2 is 2.24 bits per heavy atom. The zero-order valence-corrected chi connectivity index (χ0v) is 14.1. The predicted molar refractivity (Wildman–Crippen MR) is 98.7 cm³/mol. The molecule has 130 valence electrons. The molecule has 0 aliphatic heterocycles. The lowest BCUT2D eigenvalue weighted by molar-refractivity contribution is -0.110. The van der Waals surface area contributed by atoms with Crippen LogP contribution in [0.5, 0.6) is 0 Å². The Bertz CT molecular complexity index is 772. The Morgan fingerprint density at radius 1 is 1.44 bits per heavy atom. The number of benzene rings is 1. The summed E-state index contributed by atoms with van der Waals surface area (Å²) in [6.07, 6.45) is 6.97. The van der Waals surface area contributed by atoms with Crippen molar-refractivity contribution in [3.05, 3.63) is 47.7 Å². The molecule has 0 heterocycles. The number of nitriles is 1. The second kappa shape index (κ2) is 8.81. The van der Waals surface area contributed by atoms with Crippen LogP contribution in [-0.2, 0) is 11.2 Å².